The van der Waals surface area contributed by atoms with E-state index in [2.05, 4.69) is 180 Å². The summed E-state index contributed by atoms with van der Waals surface area (Å²) >= 11 is 0. The van der Waals surface area contributed by atoms with Crippen molar-refractivity contribution in [1.82, 2.24) is 19.5 Å². The molecule has 0 saturated heterocycles. The Hall–Kier alpha value is -7.89. The van der Waals surface area contributed by atoms with E-state index in [4.69, 9.17) is 19.4 Å². The summed E-state index contributed by atoms with van der Waals surface area (Å²) in [5.41, 5.74) is 10.1. The molecular formula is C53H32N4O. The van der Waals surface area contributed by atoms with Crippen molar-refractivity contribution in [3.63, 3.8) is 0 Å². The fraction of sp³-hybridized carbons (Fsp3) is 0. The van der Waals surface area contributed by atoms with Crippen LogP contribution >= 0.6 is 0 Å². The van der Waals surface area contributed by atoms with Gasteiger partial charge in [0.2, 0.25) is 0 Å². The number of rotatable bonds is 5. The average Bonchev–Trinajstić information content (AvgIpc) is 3.83. The number of aromatic nitrogens is 4. The van der Waals surface area contributed by atoms with Gasteiger partial charge in [0.05, 0.1) is 11.0 Å². The molecular weight excluding hydrogens is 709 g/mol. The molecule has 0 N–H and O–H groups in total. The number of para-hydroxylation sites is 2. The zero-order valence-corrected chi connectivity index (χ0v) is 31.2. The lowest BCUT2D eigenvalue weighted by Gasteiger charge is -2.14. The predicted molar refractivity (Wildman–Crippen MR) is 238 cm³/mol. The van der Waals surface area contributed by atoms with E-state index in [0.717, 1.165) is 93.4 Å². The van der Waals surface area contributed by atoms with Crippen LogP contribution in [0.25, 0.3) is 116 Å². The van der Waals surface area contributed by atoms with Gasteiger partial charge in [-0.05, 0) is 81.2 Å². The van der Waals surface area contributed by atoms with Crippen molar-refractivity contribution in [2.75, 3.05) is 0 Å². The SMILES string of the molecule is c1ccc(-c2nc(-c3ccc(-c4cccc5oc6cc7ccccc7cc6c45)c4ccccc34)nc(-c3cccc4c3c3ccccc3n4-c3ccccc3)n2)cc1. The van der Waals surface area contributed by atoms with Gasteiger partial charge in [-0.15, -0.1) is 0 Å². The van der Waals surface area contributed by atoms with Gasteiger partial charge < -0.3 is 8.98 Å². The normalized spacial score (nSPS) is 11.8. The molecule has 3 aromatic heterocycles. The summed E-state index contributed by atoms with van der Waals surface area (Å²) in [5, 5.41) is 8.98. The number of benzene rings is 9. The minimum Gasteiger partial charge on any atom is -0.456 e. The van der Waals surface area contributed by atoms with Crippen LogP contribution in [0.3, 0.4) is 0 Å². The molecule has 5 heteroatoms. The first-order chi connectivity index (χ1) is 28.8. The molecule has 0 fully saturated rings. The van der Waals surface area contributed by atoms with Crippen molar-refractivity contribution in [2.24, 2.45) is 0 Å². The van der Waals surface area contributed by atoms with E-state index >= 15 is 0 Å². The first-order valence-corrected chi connectivity index (χ1v) is 19.5. The van der Waals surface area contributed by atoms with Crippen LogP contribution in [0.5, 0.6) is 0 Å². The van der Waals surface area contributed by atoms with Crippen LogP contribution in [0.15, 0.2) is 199 Å². The standard InChI is InChI=1S/C53H32N4O/c1-3-15-33(16-4-1)51-54-52(56-53(55-51)43-25-13-27-46-49(43)42-23-11-12-26-45(42)57(46)36-19-5-2-6-20-36)41-30-29-39(37-21-9-10-22-38(37)41)40-24-14-28-47-50(40)44-31-34-17-7-8-18-35(34)32-48(44)58-47/h1-32H. The van der Waals surface area contributed by atoms with Gasteiger partial charge in [-0.3, -0.25) is 0 Å². The van der Waals surface area contributed by atoms with Gasteiger partial charge in [-0.1, -0.05) is 146 Å². The molecule has 0 aliphatic heterocycles. The van der Waals surface area contributed by atoms with E-state index in [-0.39, 0.29) is 0 Å². The second-order valence-electron chi connectivity index (χ2n) is 14.7. The van der Waals surface area contributed by atoms with E-state index in [0.29, 0.717) is 17.5 Å². The molecule has 12 rings (SSSR count). The maximum absolute atomic E-state index is 6.49. The molecule has 58 heavy (non-hydrogen) atoms. The van der Waals surface area contributed by atoms with Crippen molar-refractivity contribution in [2.45, 2.75) is 0 Å². The van der Waals surface area contributed by atoms with E-state index < -0.39 is 0 Å². The topological polar surface area (TPSA) is 56.7 Å². The van der Waals surface area contributed by atoms with Crippen molar-refractivity contribution in [3.05, 3.63) is 194 Å². The molecule has 0 amide bonds. The van der Waals surface area contributed by atoms with E-state index in [1.807, 2.05) is 18.2 Å². The second-order valence-corrected chi connectivity index (χ2v) is 14.7. The molecule has 0 aliphatic carbocycles. The molecule has 0 saturated carbocycles. The van der Waals surface area contributed by atoms with Crippen LogP contribution in [0, 0.1) is 0 Å². The summed E-state index contributed by atoms with van der Waals surface area (Å²) in [5.74, 6) is 1.87. The third-order valence-electron chi connectivity index (χ3n) is 11.4. The van der Waals surface area contributed by atoms with E-state index in [1.54, 1.807) is 0 Å². The van der Waals surface area contributed by atoms with Gasteiger partial charge in [0, 0.05) is 43.9 Å². The largest absolute Gasteiger partial charge is 0.456 e. The number of hydrogen-bond acceptors (Lipinski definition) is 4. The Balaban J connectivity index is 1.10. The lowest BCUT2D eigenvalue weighted by atomic mass is 9.92. The summed E-state index contributed by atoms with van der Waals surface area (Å²) in [6, 6.07) is 67.9. The lowest BCUT2D eigenvalue weighted by Crippen LogP contribution is -2.01. The Labute approximate surface area is 333 Å². The molecule has 0 radical (unpaired) electrons. The molecule has 5 nitrogen and oxygen atoms in total. The molecule has 9 aromatic carbocycles. The van der Waals surface area contributed by atoms with Crippen molar-refractivity contribution in [1.29, 1.82) is 0 Å². The van der Waals surface area contributed by atoms with Gasteiger partial charge >= 0.3 is 0 Å². The quantitative estimate of drug-likeness (QED) is 0.176. The van der Waals surface area contributed by atoms with Gasteiger partial charge in [0.25, 0.3) is 0 Å². The highest BCUT2D eigenvalue weighted by atomic mass is 16.3. The van der Waals surface area contributed by atoms with Crippen LogP contribution in [0.1, 0.15) is 0 Å². The minimum atomic E-state index is 0.619. The highest BCUT2D eigenvalue weighted by Gasteiger charge is 2.22. The highest BCUT2D eigenvalue weighted by Crippen LogP contribution is 2.43. The first kappa shape index (κ1) is 32.4. The van der Waals surface area contributed by atoms with Gasteiger partial charge in [0.1, 0.15) is 11.2 Å². The van der Waals surface area contributed by atoms with E-state index in [9.17, 15) is 0 Å². The Morgan fingerprint density at radius 3 is 1.74 bits per heavy atom. The van der Waals surface area contributed by atoms with Gasteiger partial charge in [-0.25, -0.2) is 15.0 Å². The fourth-order valence-corrected chi connectivity index (χ4v) is 8.86. The maximum Gasteiger partial charge on any atom is 0.164 e. The number of furan rings is 1. The Bertz CT molecular complexity index is 3570. The van der Waals surface area contributed by atoms with E-state index in [1.165, 1.54) is 5.39 Å². The molecule has 270 valence electrons. The van der Waals surface area contributed by atoms with Crippen molar-refractivity contribution < 1.29 is 4.42 Å². The summed E-state index contributed by atoms with van der Waals surface area (Å²) in [6.07, 6.45) is 0. The second kappa shape index (κ2) is 12.8. The Morgan fingerprint density at radius 2 is 0.931 bits per heavy atom. The molecule has 0 atom stereocenters. The molecule has 12 aromatic rings. The molecule has 0 aliphatic rings. The Kier molecular flexibility index (Phi) is 7.16. The monoisotopic (exact) mass is 740 g/mol. The van der Waals surface area contributed by atoms with Crippen LogP contribution in [-0.4, -0.2) is 19.5 Å². The molecule has 0 spiro atoms. The van der Waals surface area contributed by atoms with Crippen LogP contribution in [0.2, 0.25) is 0 Å². The first-order valence-electron chi connectivity index (χ1n) is 19.5. The summed E-state index contributed by atoms with van der Waals surface area (Å²) < 4.78 is 8.82. The van der Waals surface area contributed by atoms with Gasteiger partial charge in [-0.2, -0.15) is 0 Å². The highest BCUT2D eigenvalue weighted by molar-refractivity contribution is 6.19. The zero-order valence-electron chi connectivity index (χ0n) is 31.2. The summed E-state index contributed by atoms with van der Waals surface area (Å²) in [4.78, 5) is 15.8. The summed E-state index contributed by atoms with van der Waals surface area (Å²) in [6.45, 7) is 0. The van der Waals surface area contributed by atoms with Crippen LogP contribution in [-0.2, 0) is 0 Å². The third kappa shape index (κ3) is 5.00. The minimum absolute atomic E-state index is 0.619. The molecule has 3 heterocycles. The molecule has 0 bridgehead atoms. The van der Waals surface area contributed by atoms with Crippen molar-refractivity contribution in [3.8, 4) is 51.0 Å². The molecule has 0 unspecified atom stereocenters. The smallest absolute Gasteiger partial charge is 0.164 e. The third-order valence-corrected chi connectivity index (χ3v) is 11.4. The van der Waals surface area contributed by atoms with Crippen LogP contribution in [0.4, 0.5) is 0 Å². The van der Waals surface area contributed by atoms with Crippen LogP contribution < -0.4 is 0 Å². The number of hydrogen-bond donors (Lipinski definition) is 0. The maximum atomic E-state index is 6.49. The number of fused-ring (bicyclic) bond motifs is 8. The fourth-order valence-electron chi connectivity index (χ4n) is 8.86. The lowest BCUT2D eigenvalue weighted by molar-refractivity contribution is 0.669. The Morgan fingerprint density at radius 1 is 0.345 bits per heavy atom. The predicted octanol–water partition coefficient (Wildman–Crippen LogP) is 13.8. The average molecular weight is 741 g/mol. The summed E-state index contributed by atoms with van der Waals surface area (Å²) in [7, 11) is 0. The van der Waals surface area contributed by atoms with Crippen molar-refractivity contribution >= 4 is 65.3 Å². The number of nitrogens with zero attached hydrogens (tertiary/aromatic N) is 4. The zero-order chi connectivity index (χ0) is 38.2. The van der Waals surface area contributed by atoms with Gasteiger partial charge in [0.15, 0.2) is 17.5 Å².